The summed E-state index contributed by atoms with van der Waals surface area (Å²) in [6.07, 6.45) is 11.0. The molecule has 0 heterocycles. The molecule has 0 radical (unpaired) electrons. The van der Waals surface area contributed by atoms with E-state index in [4.69, 9.17) is 0 Å². The van der Waals surface area contributed by atoms with Gasteiger partial charge in [-0.05, 0) is 43.2 Å². The van der Waals surface area contributed by atoms with Crippen molar-refractivity contribution in [1.29, 1.82) is 0 Å². The molecule has 0 saturated carbocycles. The Morgan fingerprint density at radius 1 is 1.10 bits per heavy atom. The second-order valence-corrected chi connectivity index (χ2v) is 6.02. The molecule has 0 amide bonds. The molecule has 1 N–H and O–H groups in total. The van der Waals surface area contributed by atoms with Gasteiger partial charge in [0.15, 0.2) is 0 Å². The monoisotopic (exact) mass is 271 g/mol. The van der Waals surface area contributed by atoms with Crippen molar-refractivity contribution in [1.82, 2.24) is 5.32 Å². The molecule has 0 spiro atoms. The third-order valence-corrected chi connectivity index (χ3v) is 4.68. The summed E-state index contributed by atoms with van der Waals surface area (Å²) in [5.41, 5.74) is 1.45. The summed E-state index contributed by atoms with van der Waals surface area (Å²) >= 11 is 0. The van der Waals surface area contributed by atoms with Crippen molar-refractivity contribution in [2.24, 2.45) is 11.8 Å². The summed E-state index contributed by atoms with van der Waals surface area (Å²) in [5, 5.41) is 3.87. The van der Waals surface area contributed by atoms with Gasteiger partial charge in [0.05, 0.1) is 0 Å². The zero-order valence-electron chi connectivity index (χ0n) is 13.0. The first-order valence-electron chi connectivity index (χ1n) is 8.28. The molecule has 1 nitrogen and oxygen atoms in total. The molecule has 0 fully saturated rings. The number of allylic oxidation sites excluding steroid dienone is 2. The van der Waals surface area contributed by atoms with Crippen LogP contribution in [-0.4, -0.2) is 6.54 Å². The lowest BCUT2D eigenvalue weighted by Gasteiger charge is -2.29. The van der Waals surface area contributed by atoms with Crippen LogP contribution in [0.3, 0.4) is 0 Å². The maximum Gasteiger partial charge on any atom is 0.0348 e. The van der Waals surface area contributed by atoms with E-state index in [-0.39, 0.29) is 0 Å². The normalized spacial score (nSPS) is 20.2. The Balaban J connectivity index is 2.00. The van der Waals surface area contributed by atoms with Gasteiger partial charge >= 0.3 is 0 Å². The Hall–Kier alpha value is -1.08. The maximum atomic E-state index is 3.87. The average Bonchev–Trinajstić information content (AvgIpc) is 2.53. The topological polar surface area (TPSA) is 12.0 Å². The first kappa shape index (κ1) is 15.3. The van der Waals surface area contributed by atoms with Gasteiger partial charge in [0.1, 0.15) is 0 Å². The molecule has 110 valence electrons. The minimum Gasteiger partial charge on any atom is -0.309 e. The fourth-order valence-corrected chi connectivity index (χ4v) is 3.31. The number of hydrogen-bond acceptors (Lipinski definition) is 1. The SMILES string of the molecule is CCC(CC)C(NCC1CC=CCC1)c1ccccc1. The molecule has 1 aliphatic rings. The highest BCUT2D eigenvalue weighted by molar-refractivity contribution is 5.19. The van der Waals surface area contributed by atoms with Crippen molar-refractivity contribution in [3.05, 3.63) is 48.0 Å². The highest BCUT2D eigenvalue weighted by Crippen LogP contribution is 2.28. The van der Waals surface area contributed by atoms with E-state index in [9.17, 15) is 0 Å². The van der Waals surface area contributed by atoms with Gasteiger partial charge in [-0.3, -0.25) is 0 Å². The Morgan fingerprint density at radius 3 is 2.45 bits per heavy atom. The second-order valence-electron chi connectivity index (χ2n) is 6.02. The number of hydrogen-bond donors (Lipinski definition) is 1. The van der Waals surface area contributed by atoms with Crippen LogP contribution in [0.4, 0.5) is 0 Å². The largest absolute Gasteiger partial charge is 0.309 e. The van der Waals surface area contributed by atoms with E-state index in [1.54, 1.807) is 0 Å². The standard InChI is InChI=1S/C19H29N/c1-3-17(4-2)19(18-13-9-6-10-14-18)20-15-16-11-7-5-8-12-16/h5-7,9-10,13-14,16-17,19-20H,3-4,8,11-12,15H2,1-2H3. The van der Waals surface area contributed by atoms with Gasteiger partial charge < -0.3 is 5.32 Å². The fourth-order valence-electron chi connectivity index (χ4n) is 3.31. The third-order valence-electron chi connectivity index (χ3n) is 4.68. The molecule has 0 saturated heterocycles. The van der Waals surface area contributed by atoms with Gasteiger partial charge in [0, 0.05) is 6.04 Å². The minimum atomic E-state index is 0.511. The molecule has 2 atom stereocenters. The molecule has 0 aromatic heterocycles. The molecule has 2 rings (SSSR count). The van der Waals surface area contributed by atoms with E-state index in [1.165, 1.54) is 37.7 Å². The Morgan fingerprint density at radius 2 is 1.85 bits per heavy atom. The van der Waals surface area contributed by atoms with Crippen LogP contribution in [0.1, 0.15) is 57.6 Å². The zero-order valence-corrected chi connectivity index (χ0v) is 13.0. The molecule has 1 aromatic rings. The molecule has 0 aliphatic heterocycles. The van der Waals surface area contributed by atoms with Crippen LogP contribution < -0.4 is 5.32 Å². The summed E-state index contributed by atoms with van der Waals surface area (Å²) in [7, 11) is 0. The van der Waals surface area contributed by atoms with Crippen LogP contribution in [0, 0.1) is 11.8 Å². The Bertz CT molecular complexity index is 391. The lowest BCUT2D eigenvalue weighted by molar-refractivity contribution is 0.312. The average molecular weight is 271 g/mol. The summed E-state index contributed by atoms with van der Waals surface area (Å²) in [6, 6.07) is 11.5. The van der Waals surface area contributed by atoms with Crippen LogP contribution in [0.25, 0.3) is 0 Å². The van der Waals surface area contributed by atoms with Crippen molar-refractivity contribution in [3.63, 3.8) is 0 Å². The molecule has 1 aliphatic carbocycles. The lowest BCUT2D eigenvalue weighted by Crippen LogP contribution is -2.32. The summed E-state index contributed by atoms with van der Waals surface area (Å²) in [4.78, 5) is 0. The highest BCUT2D eigenvalue weighted by atomic mass is 14.9. The maximum absolute atomic E-state index is 3.87. The lowest BCUT2D eigenvalue weighted by atomic mass is 9.87. The van der Waals surface area contributed by atoms with Gasteiger partial charge in [-0.2, -0.15) is 0 Å². The Kier molecular flexibility index (Phi) is 6.32. The summed E-state index contributed by atoms with van der Waals surface area (Å²) in [5.74, 6) is 1.55. The first-order chi connectivity index (χ1) is 9.85. The van der Waals surface area contributed by atoms with E-state index in [0.717, 1.165) is 18.4 Å². The van der Waals surface area contributed by atoms with Crippen LogP contribution >= 0.6 is 0 Å². The zero-order chi connectivity index (χ0) is 14.2. The van der Waals surface area contributed by atoms with Crippen LogP contribution in [-0.2, 0) is 0 Å². The van der Waals surface area contributed by atoms with Crippen LogP contribution in [0.5, 0.6) is 0 Å². The summed E-state index contributed by atoms with van der Waals surface area (Å²) < 4.78 is 0. The van der Waals surface area contributed by atoms with Gasteiger partial charge in [-0.1, -0.05) is 69.2 Å². The summed E-state index contributed by atoms with van der Waals surface area (Å²) in [6.45, 7) is 5.78. The van der Waals surface area contributed by atoms with Crippen molar-refractivity contribution in [2.75, 3.05) is 6.54 Å². The molecule has 0 bridgehead atoms. The van der Waals surface area contributed by atoms with E-state index in [1.807, 2.05) is 0 Å². The molecular formula is C19H29N. The van der Waals surface area contributed by atoms with Crippen molar-refractivity contribution in [3.8, 4) is 0 Å². The van der Waals surface area contributed by atoms with Gasteiger partial charge in [-0.15, -0.1) is 0 Å². The first-order valence-corrected chi connectivity index (χ1v) is 8.28. The van der Waals surface area contributed by atoms with Crippen molar-refractivity contribution >= 4 is 0 Å². The number of nitrogens with one attached hydrogen (secondary N) is 1. The van der Waals surface area contributed by atoms with Crippen molar-refractivity contribution < 1.29 is 0 Å². The Labute approximate surface area is 124 Å². The second kappa shape index (κ2) is 8.26. The van der Waals surface area contributed by atoms with Crippen LogP contribution in [0.15, 0.2) is 42.5 Å². The van der Waals surface area contributed by atoms with E-state index < -0.39 is 0 Å². The van der Waals surface area contributed by atoms with Gasteiger partial charge in [0.2, 0.25) is 0 Å². The number of rotatable bonds is 7. The predicted molar refractivity (Wildman–Crippen MR) is 87.7 cm³/mol. The van der Waals surface area contributed by atoms with E-state index in [0.29, 0.717) is 6.04 Å². The minimum absolute atomic E-state index is 0.511. The molecule has 1 heteroatoms. The molecule has 2 unspecified atom stereocenters. The highest BCUT2D eigenvalue weighted by Gasteiger charge is 2.21. The van der Waals surface area contributed by atoms with Crippen molar-refractivity contribution in [2.45, 2.75) is 52.0 Å². The van der Waals surface area contributed by atoms with E-state index >= 15 is 0 Å². The van der Waals surface area contributed by atoms with E-state index in [2.05, 4.69) is 61.6 Å². The fraction of sp³-hybridized carbons (Fsp3) is 0.579. The quantitative estimate of drug-likeness (QED) is 0.679. The van der Waals surface area contributed by atoms with Gasteiger partial charge in [-0.25, -0.2) is 0 Å². The van der Waals surface area contributed by atoms with Gasteiger partial charge in [0.25, 0.3) is 0 Å². The predicted octanol–water partition coefficient (Wildman–Crippen LogP) is 5.11. The number of benzene rings is 1. The molecule has 20 heavy (non-hydrogen) atoms. The third kappa shape index (κ3) is 4.21. The van der Waals surface area contributed by atoms with Crippen LogP contribution in [0.2, 0.25) is 0 Å². The molecule has 1 aromatic carbocycles. The smallest absolute Gasteiger partial charge is 0.0348 e. The molecular weight excluding hydrogens is 242 g/mol.